The Morgan fingerprint density at radius 3 is 2.39 bits per heavy atom. The summed E-state index contributed by atoms with van der Waals surface area (Å²) in [6.07, 6.45) is 0. The van der Waals surface area contributed by atoms with E-state index in [0.717, 1.165) is 28.1 Å². The second-order valence-electron chi connectivity index (χ2n) is 8.25. The molecular formula is C28H15N3S2. The number of rotatable bonds is 1. The highest BCUT2D eigenvalue weighted by Gasteiger charge is 2.24. The Bertz CT molecular complexity index is 1910. The van der Waals surface area contributed by atoms with Crippen LogP contribution in [0.25, 0.3) is 59.3 Å². The summed E-state index contributed by atoms with van der Waals surface area (Å²) in [6, 6.07) is 32.2. The normalized spacial score (nSPS) is 12.7. The van der Waals surface area contributed by atoms with Crippen LogP contribution in [0.15, 0.2) is 101 Å². The van der Waals surface area contributed by atoms with Crippen molar-refractivity contribution < 1.29 is 0 Å². The molecule has 0 spiro atoms. The summed E-state index contributed by atoms with van der Waals surface area (Å²) in [6.45, 7) is 0. The lowest BCUT2D eigenvalue weighted by Gasteiger charge is -2.19. The van der Waals surface area contributed by atoms with Gasteiger partial charge in [0.1, 0.15) is 4.83 Å². The van der Waals surface area contributed by atoms with Gasteiger partial charge in [-0.2, -0.15) is 0 Å². The highest BCUT2D eigenvalue weighted by atomic mass is 32.2. The highest BCUT2D eigenvalue weighted by Crippen LogP contribution is 2.47. The topological polar surface area (TPSA) is 30.7 Å². The molecule has 0 radical (unpaired) electrons. The molecule has 0 aliphatic carbocycles. The number of benzene rings is 4. The van der Waals surface area contributed by atoms with Crippen molar-refractivity contribution in [2.75, 3.05) is 0 Å². The van der Waals surface area contributed by atoms with Gasteiger partial charge in [-0.25, -0.2) is 9.97 Å². The summed E-state index contributed by atoms with van der Waals surface area (Å²) >= 11 is 3.61. The van der Waals surface area contributed by atoms with Gasteiger partial charge in [0.25, 0.3) is 0 Å². The molecule has 8 rings (SSSR count). The molecule has 0 N–H and O–H groups in total. The van der Waals surface area contributed by atoms with Gasteiger partial charge in [-0.15, -0.1) is 11.3 Å². The fourth-order valence-corrected chi connectivity index (χ4v) is 7.36. The van der Waals surface area contributed by atoms with Crippen molar-refractivity contribution in [3.05, 3.63) is 91.0 Å². The number of nitrogens with zero attached hydrogens (tertiary/aromatic N) is 3. The predicted molar refractivity (Wildman–Crippen MR) is 139 cm³/mol. The summed E-state index contributed by atoms with van der Waals surface area (Å²) in [5, 5.41) is 4.97. The van der Waals surface area contributed by atoms with E-state index in [1.807, 2.05) is 11.3 Å². The molecule has 1 aliphatic heterocycles. The van der Waals surface area contributed by atoms with Crippen molar-refractivity contribution in [1.29, 1.82) is 0 Å². The fourth-order valence-electron chi connectivity index (χ4n) is 5.03. The summed E-state index contributed by atoms with van der Waals surface area (Å²) in [5.74, 6) is 0.731. The van der Waals surface area contributed by atoms with E-state index in [1.165, 1.54) is 41.0 Å². The van der Waals surface area contributed by atoms with Crippen LogP contribution in [0.3, 0.4) is 0 Å². The van der Waals surface area contributed by atoms with Gasteiger partial charge < -0.3 is 0 Å². The molecule has 5 heteroatoms. The molecule has 154 valence electrons. The SMILES string of the molecule is c1ccc2c(c1)Sc1cccc3nc(-n4c5ccccc5c5c6ccccc6sc54)nc-2c13. The zero-order chi connectivity index (χ0) is 21.5. The van der Waals surface area contributed by atoms with Crippen molar-refractivity contribution in [3.63, 3.8) is 0 Å². The maximum Gasteiger partial charge on any atom is 0.236 e. The molecule has 0 saturated heterocycles. The lowest BCUT2D eigenvalue weighted by Crippen LogP contribution is -2.05. The Labute approximate surface area is 197 Å². The summed E-state index contributed by atoms with van der Waals surface area (Å²) in [5.41, 5.74) is 4.33. The smallest absolute Gasteiger partial charge is 0.236 e. The van der Waals surface area contributed by atoms with Crippen molar-refractivity contribution in [2.45, 2.75) is 9.79 Å². The standard InChI is InChI=1S/C28H15N3S2/c1-4-12-20-16(8-1)24-17-9-2-5-13-21(17)33-27(24)31(20)28-29-19-11-7-15-23-25(19)26(30-28)18-10-3-6-14-22(18)32-23/h1-15H. The largest absolute Gasteiger partial charge is 0.269 e. The van der Waals surface area contributed by atoms with Gasteiger partial charge >= 0.3 is 0 Å². The van der Waals surface area contributed by atoms with E-state index in [9.17, 15) is 0 Å². The van der Waals surface area contributed by atoms with Crippen molar-refractivity contribution in [1.82, 2.24) is 14.5 Å². The Morgan fingerprint density at radius 1 is 0.636 bits per heavy atom. The summed E-state index contributed by atoms with van der Waals surface area (Å²) in [7, 11) is 0. The Hall–Kier alpha value is -3.67. The van der Waals surface area contributed by atoms with E-state index in [2.05, 4.69) is 95.6 Å². The second-order valence-corrected chi connectivity index (χ2v) is 10.4. The molecule has 7 aromatic rings. The third kappa shape index (κ3) is 2.35. The van der Waals surface area contributed by atoms with Gasteiger partial charge in [0, 0.05) is 41.6 Å². The molecule has 0 atom stereocenters. The quantitative estimate of drug-likeness (QED) is 0.250. The van der Waals surface area contributed by atoms with Gasteiger partial charge in [-0.05, 0) is 30.3 Å². The molecule has 4 heterocycles. The van der Waals surface area contributed by atoms with Crippen LogP contribution >= 0.6 is 23.1 Å². The predicted octanol–water partition coefficient (Wildman–Crippen LogP) is 8.07. The van der Waals surface area contributed by atoms with Gasteiger partial charge in [0.15, 0.2) is 0 Å². The van der Waals surface area contributed by atoms with Crippen LogP contribution in [0.5, 0.6) is 0 Å². The monoisotopic (exact) mass is 457 g/mol. The zero-order valence-corrected chi connectivity index (χ0v) is 19.0. The molecule has 0 bridgehead atoms. The van der Waals surface area contributed by atoms with Gasteiger partial charge in [0.2, 0.25) is 5.95 Å². The third-order valence-electron chi connectivity index (χ3n) is 6.43. The average Bonchev–Trinajstić information content (AvgIpc) is 3.38. The van der Waals surface area contributed by atoms with Crippen LogP contribution in [0.1, 0.15) is 0 Å². The second kappa shape index (κ2) is 6.44. The third-order valence-corrected chi connectivity index (χ3v) is 8.72. The van der Waals surface area contributed by atoms with Crippen LogP contribution in [0.2, 0.25) is 0 Å². The number of aromatic nitrogens is 3. The van der Waals surface area contributed by atoms with Gasteiger partial charge in [-0.1, -0.05) is 72.4 Å². The first kappa shape index (κ1) is 17.8. The molecule has 3 nitrogen and oxygen atoms in total. The lowest BCUT2D eigenvalue weighted by molar-refractivity contribution is 1.01. The minimum Gasteiger partial charge on any atom is -0.269 e. The first-order valence-corrected chi connectivity index (χ1v) is 12.5. The van der Waals surface area contributed by atoms with Crippen molar-refractivity contribution in [2.24, 2.45) is 0 Å². The Kier molecular flexibility index (Phi) is 3.48. The Balaban J connectivity index is 1.55. The van der Waals surface area contributed by atoms with Crippen LogP contribution < -0.4 is 0 Å². The van der Waals surface area contributed by atoms with Crippen LogP contribution in [-0.2, 0) is 0 Å². The first-order valence-electron chi connectivity index (χ1n) is 10.9. The molecule has 0 fully saturated rings. The zero-order valence-electron chi connectivity index (χ0n) is 17.3. The van der Waals surface area contributed by atoms with E-state index in [1.54, 1.807) is 11.8 Å². The van der Waals surface area contributed by atoms with E-state index in [-0.39, 0.29) is 0 Å². The number of para-hydroxylation sites is 1. The number of hydrogen-bond donors (Lipinski definition) is 0. The van der Waals surface area contributed by atoms with Crippen molar-refractivity contribution >= 4 is 65.2 Å². The fraction of sp³-hybridized carbons (Fsp3) is 0. The summed E-state index contributed by atoms with van der Waals surface area (Å²) in [4.78, 5) is 14.0. The van der Waals surface area contributed by atoms with Gasteiger partial charge in [-0.3, -0.25) is 4.57 Å². The van der Waals surface area contributed by atoms with Crippen LogP contribution in [0.4, 0.5) is 0 Å². The van der Waals surface area contributed by atoms with E-state index in [0.29, 0.717) is 0 Å². The van der Waals surface area contributed by atoms with E-state index < -0.39 is 0 Å². The molecule has 0 amide bonds. The molecule has 0 saturated carbocycles. The Morgan fingerprint density at radius 2 is 1.42 bits per heavy atom. The van der Waals surface area contributed by atoms with E-state index >= 15 is 0 Å². The summed E-state index contributed by atoms with van der Waals surface area (Å²) < 4.78 is 3.54. The minimum absolute atomic E-state index is 0.731. The molecule has 33 heavy (non-hydrogen) atoms. The van der Waals surface area contributed by atoms with Crippen molar-refractivity contribution in [3.8, 4) is 17.2 Å². The molecule has 0 unspecified atom stereocenters. The minimum atomic E-state index is 0.731. The number of fused-ring (bicyclic) bond motifs is 7. The highest BCUT2D eigenvalue weighted by molar-refractivity contribution is 7.99. The molecule has 3 aromatic heterocycles. The molecule has 4 aromatic carbocycles. The maximum absolute atomic E-state index is 5.23. The molecular weight excluding hydrogens is 442 g/mol. The number of thiophene rings is 1. The van der Waals surface area contributed by atoms with Crippen LogP contribution in [-0.4, -0.2) is 14.5 Å². The number of hydrogen-bond acceptors (Lipinski definition) is 4. The molecule has 1 aliphatic rings. The average molecular weight is 458 g/mol. The maximum atomic E-state index is 5.23. The van der Waals surface area contributed by atoms with Crippen LogP contribution in [0, 0.1) is 0 Å². The van der Waals surface area contributed by atoms with Gasteiger partial charge in [0.05, 0.1) is 16.7 Å². The lowest BCUT2D eigenvalue weighted by atomic mass is 10.1. The first-order chi connectivity index (χ1) is 16.4. The van der Waals surface area contributed by atoms with E-state index in [4.69, 9.17) is 9.97 Å².